The van der Waals surface area contributed by atoms with Crippen LogP contribution in [0.4, 0.5) is 0 Å². The first-order valence-electron chi connectivity index (χ1n) is 9.19. The molecule has 27 heavy (non-hydrogen) atoms. The minimum absolute atomic E-state index is 0.0152. The molecule has 0 spiro atoms. The number of aromatic nitrogens is 1. The van der Waals surface area contributed by atoms with Crippen LogP contribution in [-0.2, 0) is 0 Å². The summed E-state index contributed by atoms with van der Waals surface area (Å²) in [5, 5.41) is 11.6. The van der Waals surface area contributed by atoms with E-state index in [-0.39, 0.29) is 17.8 Å². The summed E-state index contributed by atoms with van der Waals surface area (Å²) in [4.78, 5) is 11.9. The van der Waals surface area contributed by atoms with E-state index in [0.717, 1.165) is 28.6 Å². The van der Waals surface area contributed by atoms with Gasteiger partial charge in [0, 0.05) is 18.0 Å². The van der Waals surface area contributed by atoms with Crippen molar-refractivity contribution in [3.8, 4) is 11.5 Å². The number of aliphatic imine (C=N–C) groups is 1. The van der Waals surface area contributed by atoms with Crippen LogP contribution in [0.3, 0.4) is 0 Å². The van der Waals surface area contributed by atoms with Gasteiger partial charge in [-0.05, 0) is 43.2 Å². The average molecular weight is 404 g/mol. The standard InChI is InChI=1S/C20H22ClN3O2S/c1-3-13-11-27-20-23-17(15-7-5-6-8-22-15)18(24(13)20)12-9-14(21)19(25)16(10-12)26-4-2/h5-10,13,17-18,25H,3-4,11H2,1-2H3/t13-,17+,18-/m1/s1. The molecular formula is C20H22ClN3O2S. The Hall–Kier alpha value is -1.92. The molecule has 0 bridgehead atoms. The SMILES string of the molecule is CCOc1cc([C@@H]2[C@H](c3ccccn3)N=C3SC[C@@H](CC)N32)cc(Cl)c1O. The topological polar surface area (TPSA) is 58.0 Å². The number of phenols is 1. The molecule has 1 aromatic heterocycles. The van der Waals surface area contributed by atoms with Crippen molar-refractivity contribution < 1.29 is 9.84 Å². The molecule has 0 unspecified atom stereocenters. The molecular weight excluding hydrogens is 382 g/mol. The molecule has 1 fully saturated rings. The quantitative estimate of drug-likeness (QED) is 0.775. The third kappa shape index (κ3) is 3.25. The van der Waals surface area contributed by atoms with E-state index in [1.165, 1.54) is 0 Å². The number of hydrogen-bond donors (Lipinski definition) is 1. The van der Waals surface area contributed by atoms with Crippen molar-refractivity contribution in [3.63, 3.8) is 0 Å². The van der Waals surface area contributed by atoms with Crippen LogP contribution >= 0.6 is 23.4 Å². The lowest BCUT2D eigenvalue weighted by molar-refractivity contribution is 0.253. The van der Waals surface area contributed by atoms with Gasteiger partial charge in [0.15, 0.2) is 16.7 Å². The minimum Gasteiger partial charge on any atom is -0.503 e. The van der Waals surface area contributed by atoms with E-state index in [9.17, 15) is 5.11 Å². The third-order valence-electron chi connectivity index (χ3n) is 5.02. The molecule has 3 heterocycles. The molecule has 7 heteroatoms. The van der Waals surface area contributed by atoms with Gasteiger partial charge in [0.1, 0.15) is 6.04 Å². The predicted molar refractivity (Wildman–Crippen MR) is 110 cm³/mol. The zero-order valence-electron chi connectivity index (χ0n) is 15.3. The smallest absolute Gasteiger partial charge is 0.176 e. The number of pyridine rings is 1. The molecule has 1 aromatic carbocycles. The van der Waals surface area contributed by atoms with Gasteiger partial charge >= 0.3 is 0 Å². The predicted octanol–water partition coefficient (Wildman–Crippen LogP) is 4.82. The molecule has 0 amide bonds. The zero-order valence-corrected chi connectivity index (χ0v) is 16.9. The Labute approximate surface area is 168 Å². The number of aromatic hydroxyl groups is 1. The number of thioether (sulfide) groups is 1. The number of ether oxygens (including phenoxy) is 1. The van der Waals surface area contributed by atoms with Gasteiger partial charge in [-0.2, -0.15) is 0 Å². The molecule has 1 saturated heterocycles. The highest BCUT2D eigenvalue weighted by atomic mass is 35.5. The van der Waals surface area contributed by atoms with Crippen molar-refractivity contribution in [2.75, 3.05) is 12.4 Å². The van der Waals surface area contributed by atoms with Gasteiger partial charge in [-0.1, -0.05) is 36.4 Å². The Morgan fingerprint density at radius 2 is 2.19 bits per heavy atom. The largest absolute Gasteiger partial charge is 0.503 e. The first kappa shape index (κ1) is 18.4. The van der Waals surface area contributed by atoms with Gasteiger partial charge in [0.25, 0.3) is 0 Å². The van der Waals surface area contributed by atoms with Crippen LogP contribution in [0.15, 0.2) is 41.5 Å². The molecule has 4 rings (SSSR count). The van der Waals surface area contributed by atoms with Crippen molar-refractivity contribution in [2.24, 2.45) is 4.99 Å². The molecule has 3 atom stereocenters. The zero-order chi connectivity index (χ0) is 19.0. The summed E-state index contributed by atoms with van der Waals surface area (Å²) in [7, 11) is 0. The normalized spacial score (nSPS) is 24.0. The van der Waals surface area contributed by atoms with Crippen LogP contribution in [0.5, 0.6) is 11.5 Å². The van der Waals surface area contributed by atoms with E-state index in [1.807, 2.05) is 37.3 Å². The van der Waals surface area contributed by atoms with Crippen LogP contribution in [0.1, 0.15) is 43.6 Å². The summed E-state index contributed by atoms with van der Waals surface area (Å²) in [6.45, 7) is 4.55. The van der Waals surface area contributed by atoms with Gasteiger partial charge in [-0.3, -0.25) is 9.98 Å². The summed E-state index contributed by atoms with van der Waals surface area (Å²) in [5.41, 5.74) is 1.92. The number of rotatable bonds is 5. The van der Waals surface area contributed by atoms with Crippen molar-refractivity contribution in [1.82, 2.24) is 9.88 Å². The van der Waals surface area contributed by atoms with E-state index >= 15 is 0 Å². The molecule has 142 valence electrons. The number of phenolic OH excluding ortho intramolecular Hbond substituents is 1. The molecule has 2 aliphatic rings. The number of benzene rings is 1. The maximum Gasteiger partial charge on any atom is 0.176 e. The second-order valence-electron chi connectivity index (χ2n) is 6.62. The van der Waals surface area contributed by atoms with E-state index in [4.69, 9.17) is 21.3 Å². The Kier molecular flexibility index (Phi) is 5.19. The second kappa shape index (κ2) is 7.60. The van der Waals surface area contributed by atoms with Crippen LogP contribution < -0.4 is 4.74 Å². The summed E-state index contributed by atoms with van der Waals surface area (Å²) >= 11 is 8.13. The lowest BCUT2D eigenvalue weighted by Gasteiger charge is -2.32. The first-order valence-corrected chi connectivity index (χ1v) is 10.6. The molecule has 0 radical (unpaired) electrons. The Bertz CT molecular complexity index is 862. The molecule has 0 saturated carbocycles. The van der Waals surface area contributed by atoms with E-state index < -0.39 is 0 Å². The Morgan fingerprint density at radius 1 is 1.33 bits per heavy atom. The van der Waals surface area contributed by atoms with Crippen LogP contribution in [0.25, 0.3) is 0 Å². The Morgan fingerprint density at radius 3 is 2.89 bits per heavy atom. The second-order valence-corrected chi connectivity index (χ2v) is 8.01. The van der Waals surface area contributed by atoms with Gasteiger partial charge in [-0.25, -0.2) is 0 Å². The average Bonchev–Trinajstić information content (AvgIpc) is 3.25. The highest BCUT2D eigenvalue weighted by Gasteiger charge is 2.45. The fourth-order valence-corrected chi connectivity index (χ4v) is 5.30. The summed E-state index contributed by atoms with van der Waals surface area (Å²) in [5.74, 6) is 1.43. The highest BCUT2D eigenvalue weighted by Crippen LogP contribution is 2.50. The monoisotopic (exact) mass is 403 g/mol. The summed E-state index contributed by atoms with van der Waals surface area (Å²) < 4.78 is 5.61. The number of nitrogens with zero attached hydrogens (tertiary/aromatic N) is 3. The van der Waals surface area contributed by atoms with Crippen molar-refractivity contribution in [1.29, 1.82) is 0 Å². The molecule has 1 N–H and O–H groups in total. The molecule has 0 aliphatic carbocycles. The summed E-state index contributed by atoms with van der Waals surface area (Å²) in [6.07, 6.45) is 2.84. The van der Waals surface area contributed by atoms with Gasteiger partial charge in [0.2, 0.25) is 0 Å². The molecule has 5 nitrogen and oxygen atoms in total. The Balaban J connectivity index is 1.82. The maximum atomic E-state index is 10.2. The maximum absolute atomic E-state index is 10.2. The third-order valence-corrected chi connectivity index (χ3v) is 6.44. The van der Waals surface area contributed by atoms with E-state index in [1.54, 1.807) is 18.0 Å². The van der Waals surface area contributed by atoms with E-state index in [2.05, 4.69) is 16.8 Å². The lowest BCUT2D eigenvalue weighted by Crippen LogP contribution is -2.35. The lowest BCUT2D eigenvalue weighted by atomic mass is 9.95. The highest BCUT2D eigenvalue weighted by molar-refractivity contribution is 8.14. The fourth-order valence-electron chi connectivity index (χ4n) is 3.74. The summed E-state index contributed by atoms with van der Waals surface area (Å²) in [6, 6.07) is 9.91. The van der Waals surface area contributed by atoms with Crippen molar-refractivity contribution >= 4 is 28.5 Å². The minimum atomic E-state index is -0.113. The number of amidine groups is 1. The van der Waals surface area contributed by atoms with E-state index in [0.29, 0.717) is 23.4 Å². The molecule has 2 aliphatic heterocycles. The van der Waals surface area contributed by atoms with Crippen LogP contribution in [-0.4, -0.2) is 38.6 Å². The number of halogens is 1. The molecule has 2 aromatic rings. The van der Waals surface area contributed by atoms with Gasteiger partial charge in [-0.15, -0.1) is 0 Å². The van der Waals surface area contributed by atoms with Crippen molar-refractivity contribution in [3.05, 3.63) is 52.8 Å². The van der Waals surface area contributed by atoms with Crippen LogP contribution in [0.2, 0.25) is 5.02 Å². The van der Waals surface area contributed by atoms with Crippen LogP contribution in [0, 0.1) is 0 Å². The first-order chi connectivity index (χ1) is 13.1. The van der Waals surface area contributed by atoms with Gasteiger partial charge in [0.05, 0.1) is 23.4 Å². The van der Waals surface area contributed by atoms with Gasteiger partial charge < -0.3 is 14.7 Å². The number of hydrogen-bond acceptors (Lipinski definition) is 6. The number of fused-ring (bicyclic) bond motifs is 1. The van der Waals surface area contributed by atoms with Crippen molar-refractivity contribution in [2.45, 2.75) is 38.4 Å². The fraction of sp³-hybridized carbons (Fsp3) is 0.400.